The molecule has 1 aromatic rings. The smallest absolute Gasteiger partial charge is 0.117 e. The van der Waals surface area contributed by atoms with Crippen molar-refractivity contribution in [2.75, 3.05) is 6.61 Å². The molecule has 1 atom stereocenters. The fourth-order valence-electron chi connectivity index (χ4n) is 2.49. The van der Waals surface area contributed by atoms with Gasteiger partial charge in [-0.25, -0.2) is 0 Å². The number of phenolic OH excluding ortho intramolecular Hbond substituents is 1. The van der Waals surface area contributed by atoms with Crippen molar-refractivity contribution in [3.63, 3.8) is 0 Å². The Kier molecular flexibility index (Phi) is 5.27. The molecule has 1 aromatic carbocycles. The van der Waals surface area contributed by atoms with E-state index in [1.54, 1.807) is 12.1 Å². The third kappa shape index (κ3) is 4.23. The molecule has 112 valence electrons. The number of aromatic hydroxyl groups is 1. The van der Waals surface area contributed by atoms with Gasteiger partial charge in [-0.15, -0.1) is 0 Å². The largest absolute Gasteiger partial charge is 0.508 e. The number of ether oxygens (including phenoxy) is 1. The van der Waals surface area contributed by atoms with Crippen molar-refractivity contribution in [3.05, 3.63) is 58.2 Å². The highest BCUT2D eigenvalue weighted by molar-refractivity contribution is 6.32. The summed E-state index contributed by atoms with van der Waals surface area (Å²) in [4.78, 5) is 0. The Morgan fingerprint density at radius 3 is 2.90 bits per heavy atom. The SMILES string of the molecule is C=C(C)C1=CCOC1CC/C(C)=C/c1ccc(O)cc1Cl. The van der Waals surface area contributed by atoms with Gasteiger partial charge in [-0.3, -0.25) is 0 Å². The highest BCUT2D eigenvalue weighted by Gasteiger charge is 2.19. The predicted octanol–water partition coefficient (Wildman–Crippen LogP) is 5.13. The van der Waals surface area contributed by atoms with Gasteiger partial charge in [-0.1, -0.05) is 41.5 Å². The van der Waals surface area contributed by atoms with Crippen molar-refractivity contribution in [1.82, 2.24) is 0 Å². The fourth-order valence-corrected chi connectivity index (χ4v) is 2.72. The van der Waals surface area contributed by atoms with E-state index >= 15 is 0 Å². The van der Waals surface area contributed by atoms with Crippen LogP contribution in [-0.2, 0) is 4.74 Å². The number of phenols is 1. The minimum Gasteiger partial charge on any atom is -0.508 e. The first-order valence-electron chi connectivity index (χ1n) is 7.10. The molecule has 0 saturated heterocycles. The van der Waals surface area contributed by atoms with Gasteiger partial charge in [0.15, 0.2) is 0 Å². The standard InChI is InChI=1S/C18H21ClO2/c1-12(2)16-8-9-21-18(16)7-4-13(3)10-14-5-6-15(20)11-17(14)19/h5-6,8,10-11,18,20H,1,4,7,9H2,2-3H3/b13-10+. The first kappa shape index (κ1) is 15.9. The first-order chi connectivity index (χ1) is 9.97. The van der Waals surface area contributed by atoms with Crippen LogP contribution in [0.4, 0.5) is 0 Å². The summed E-state index contributed by atoms with van der Waals surface area (Å²) in [6.07, 6.45) is 6.20. The summed E-state index contributed by atoms with van der Waals surface area (Å²) in [5, 5.41) is 9.93. The van der Waals surface area contributed by atoms with E-state index in [-0.39, 0.29) is 11.9 Å². The summed E-state index contributed by atoms with van der Waals surface area (Å²) >= 11 is 6.12. The topological polar surface area (TPSA) is 29.5 Å². The van der Waals surface area contributed by atoms with E-state index in [1.165, 1.54) is 11.1 Å². The summed E-state index contributed by atoms with van der Waals surface area (Å²) in [5.41, 5.74) is 4.47. The Hall–Kier alpha value is -1.51. The number of rotatable bonds is 5. The van der Waals surface area contributed by atoms with Crippen molar-refractivity contribution < 1.29 is 9.84 Å². The molecule has 1 aliphatic heterocycles. The Morgan fingerprint density at radius 1 is 1.48 bits per heavy atom. The number of hydrogen-bond donors (Lipinski definition) is 1. The maximum absolute atomic E-state index is 9.36. The maximum Gasteiger partial charge on any atom is 0.117 e. The van der Waals surface area contributed by atoms with Crippen molar-refractivity contribution in [1.29, 1.82) is 0 Å². The molecule has 1 N–H and O–H groups in total. The quantitative estimate of drug-likeness (QED) is 0.817. The monoisotopic (exact) mass is 304 g/mol. The number of hydrogen-bond acceptors (Lipinski definition) is 2. The van der Waals surface area contributed by atoms with Gasteiger partial charge < -0.3 is 9.84 Å². The maximum atomic E-state index is 9.36. The average molecular weight is 305 g/mol. The zero-order valence-corrected chi connectivity index (χ0v) is 13.3. The predicted molar refractivity (Wildman–Crippen MR) is 88.6 cm³/mol. The van der Waals surface area contributed by atoms with Crippen LogP contribution in [0.25, 0.3) is 6.08 Å². The molecule has 3 heteroatoms. The second-order valence-electron chi connectivity index (χ2n) is 5.50. The van der Waals surface area contributed by atoms with Crippen LogP contribution in [0.1, 0.15) is 32.3 Å². The molecule has 1 heterocycles. The highest BCUT2D eigenvalue weighted by Crippen LogP contribution is 2.28. The zero-order chi connectivity index (χ0) is 15.4. The lowest BCUT2D eigenvalue weighted by Crippen LogP contribution is -2.10. The second-order valence-corrected chi connectivity index (χ2v) is 5.90. The molecule has 0 radical (unpaired) electrons. The first-order valence-corrected chi connectivity index (χ1v) is 7.48. The lowest BCUT2D eigenvalue weighted by molar-refractivity contribution is 0.116. The molecule has 1 aliphatic rings. The Bertz CT molecular complexity index is 599. The van der Waals surface area contributed by atoms with E-state index in [0.717, 1.165) is 24.0 Å². The van der Waals surface area contributed by atoms with E-state index in [0.29, 0.717) is 11.6 Å². The fraction of sp³-hybridized carbons (Fsp3) is 0.333. The molecule has 0 saturated carbocycles. The van der Waals surface area contributed by atoms with E-state index < -0.39 is 0 Å². The Morgan fingerprint density at radius 2 is 2.24 bits per heavy atom. The molecule has 0 bridgehead atoms. The number of benzene rings is 1. The van der Waals surface area contributed by atoms with Crippen LogP contribution in [0.5, 0.6) is 5.75 Å². The average Bonchev–Trinajstić information content (AvgIpc) is 2.88. The van der Waals surface area contributed by atoms with Gasteiger partial charge in [0.2, 0.25) is 0 Å². The van der Waals surface area contributed by atoms with Gasteiger partial charge in [0, 0.05) is 0 Å². The van der Waals surface area contributed by atoms with Gasteiger partial charge in [-0.05, 0) is 56.0 Å². The lowest BCUT2D eigenvalue weighted by atomic mass is 9.98. The third-order valence-electron chi connectivity index (χ3n) is 3.63. The van der Waals surface area contributed by atoms with Crippen molar-refractivity contribution in [3.8, 4) is 5.75 Å². The van der Waals surface area contributed by atoms with Gasteiger partial charge in [0.05, 0.1) is 17.7 Å². The molecule has 0 spiro atoms. The molecule has 0 fully saturated rings. The zero-order valence-electron chi connectivity index (χ0n) is 12.5. The van der Waals surface area contributed by atoms with Gasteiger partial charge in [0.25, 0.3) is 0 Å². The minimum atomic E-state index is 0.154. The van der Waals surface area contributed by atoms with Gasteiger partial charge in [-0.2, -0.15) is 0 Å². The minimum absolute atomic E-state index is 0.154. The second kappa shape index (κ2) is 6.97. The number of halogens is 1. The summed E-state index contributed by atoms with van der Waals surface area (Å²) in [7, 11) is 0. The van der Waals surface area contributed by atoms with Crippen molar-refractivity contribution >= 4 is 17.7 Å². The molecule has 2 nitrogen and oxygen atoms in total. The van der Waals surface area contributed by atoms with Crippen LogP contribution in [-0.4, -0.2) is 17.8 Å². The lowest BCUT2D eigenvalue weighted by Gasteiger charge is -2.15. The summed E-state index contributed by atoms with van der Waals surface area (Å²) < 4.78 is 5.73. The number of allylic oxidation sites excluding steroid dienone is 1. The molecule has 0 aromatic heterocycles. The van der Waals surface area contributed by atoms with E-state index in [1.807, 2.05) is 13.0 Å². The van der Waals surface area contributed by atoms with Crippen LogP contribution in [0.3, 0.4) is 0 Å². The van der Waals surface area contributed by atoms with Gasteiger partial charge in [0.1, 0.15) is 5.75 Å². The van der Waals surface area contributed by atoms with Gasteiger partial charge >= 0.3 is 0 Å². The van der Waals surface area contributed by atoms with E-state index in [4.69, 9.17) is 16.3 Å². The molecule has 21 heavy (non-hydrogen) atoms. The summed E-state index contributed by atoms with van der Waals surface area (Å²) in [6.45, 7) is 8.78. The molecular formula is C18H21ClO2. The Balaban J connectivity index is 1.98. The Labute approximate surface area is 131 Å². The normalized spacial score (nSPS) is 18.7. The van der Waals surface area contributed by atoms with Crippen LogP contribution >= 0.6 is 11.6 Å². The van der Waals surface area contributed by atoms with Crippen LogP contribution in [0.15, 0.2) is 47.6 Å². The van der Waals surface area contributed by atoms with Crippen LogP contribution in [0, 0.1) is 0 Å². The third-order valence-corrected chi connectivity index (χ3v) is 3.95. The van der Waals surface area contributed by atoms with Crippen LogP contribution < -0.4 is 0 Å². The summed E-state index contributed by atoms with van der Waals surface area (Å²) in [6, 6.07) is 5.03. The molecule has 0 amide bonds. The van der Waals surface area contributed by atoms with E-state index in [2.05, 4.69) is 25.7 Å². The molecule has 1 unspecified atom stereocenters. The molecule has 2 rings (SSSR count). The van der Waals surface area contributed by atoms with E-state index in [9.17, 15) is 5.11 Å². The molecule has 0 aliphatic carbocycles. The van der Waals surface area contributed by atoms with Crippen LogP contribution in [0.2, 0.25) is 5.02 Å². The van der Waals surface area contributed by atoms with Crippen molar-refractivity contribution in [2.24, 2.45) is 0 Å². The molecular weight excluding hydrogens is 284 g/mol. The summed E-state index contributed by atoms with van der Waals surface area (Å²) in [5.74, 6) is 0.186. The van der Waals surface area contributed by atoms with Crippen molar-refractivity contribution in [2.45, 2.75) is 32.8 Å². The highest BCUT2D eigenvalue weighted by atomic mass is 35.5.